The van der Waals surface area contributed by atoms with Gasteiger partial charge in [-0.25, -0.2) is 0 Å². The maximum absolute atomic E-state index is 5.95. The van der Waals surface area contributed by atoms with E-state index in [1.54, 1.807) is 0 Å². The second-order valence-corrected chi connectivity index (χ2v) is 4.67. The van der Waals surface area contributed by atoms with E-state index in [0.29, 0.717) is 0 Å². The van der Waals surface area contributed by atoms with Crippen molar-refractivity contribution in [1.29, 1.82) is 0 Å². The first-order valence-electron chi connectivity index (χ1n) is 5.60. The van der Waals surface area contributed by atoms with E-state index in [0.717, 1.165) is 30.1 Å². The molecule has 0 saturated carbocycles. The van der Waals surface area contributed by atoms with E-state index in [1.807, 2.05) is 24.3 Å². The maximum atomic E-state index is 5.95. The van der Waals surface area contributed by atoms with Crippen LogP contribution in [-0.2, 0) is 9.47 Å². The third-order valence-corrected chi connectivity index (χ3v) is 3.32. The van der Waals surface area contributed by atoms with Crippen molar-refractivity contribution >= 4 is 11.6 Å². The Bertz CT molecular complexity index is 371. The zero-order valence-corrected chi connectivity index (χ0v) is 9.61. The molecule has 0 amide bonds. The molecule has 3 atom stereocenters. The largest absolute Gasteiger partial charge is 0.342 e. The average molecular weight is 240 g/mol. The number of nitrogens with one attached hydrogen (secondary N) is 1. The van der Waals surface area contributed by atoms with Crippen LogP contribution in [0.25, 0.3) is 0 Å². The van der Waals surface area contributed by atoms with Crippen LogP contribution in [0.1, 0.15) is 18.3 Å². The monoisotopic (exact) mass is 239 g/mol. The number of halogens is 1. The molecule has 0 spiro atoms. The molecular weight excluding hydrogens is 226 g/mol. The van der Waals surface area contributed by atoms with Crippen LogP contribution >= 0.6 is 11.6 Å². The number of fused-ring (bicyclic) bond motifs is 1. The highest BCUT2D eigenvalue weighted by atomic mass is 35.5. The Morgan fingerprint density at radius 1 is 1.25 bits per heavy atom. The number of rotatable bonds is 1. The Morgan fingerprint density at radius 2 is 2.12 bits per heavy atom. The second kappa shape index (κ2) is 4.34. The van der Waals surface area contributed by atoms with Crippen LogP contribution in [-0.4, -0.2) is 25.3 Å². The molecule has 3 nitrogen and oxygen atoms in total. The molecule has 0 aromatic heterocycles. The number of piperidine rings is 1. The van der Waals surface area contributed by atoms with Crippen LogP contribution in [0.3, 0.4) is 0 Å². The maximum Gasteiger partial charge on any atom is 0.184 e. The fraction of sp³-hybridized carbons (Fsp3) is 0.500. The quantitative estimate of drug-likeness (QED) is 0.814. The van der Waals surface area contributed by atoms with Crippen LogP contribution in [0.2, 0.25) is 5.02 Å². The number of benzene rings is 1. The molecule has 2 fully saturated rings. The summed E-state index contributed by atoms with van der Waals surface area (Å²) < 4.78 is 11.7. The van der Waals surface area contributed by atoms with Crippen molar-refractivity contribution in [2.24, 2.45) is 0 Å². The molecule has 2 heterocycles. The Kier molecular flexibility index (Phi) is 2.86. The molecule has 86 valence electrons. The highest BCUT2D eigenvalue weighted by Crippen LogP contribution is 2.34. The summed E-state index contributed by atoms with van der Waals surface area (Å²) in [5, 5.41) is 4.03. The highest BCUT2D eigenvalue weighted by molar-refractivity contribution is 6.30. The van der Waals surface area contributed by atoms with Crippen molar-refractivity contribution in [2.75, 3.05) is 13.1 Å². The van der Waals surface area contributed by atoms with Crippen LogP contribution < -0.4 is 5.32 Å². The summed E-state index contributed by atoms with van der Waals surface area (Å²) in [6, 6.07) is 7.66. The van der Waals surface area contributed by atoms with E-state index in [1.165, 1.54) is 0 Å². The summed E-state index contributed by atoms with van der Waals surface area (Å²) in [7, 11) is 0. The normalized spacial score (nSPS) is 33.7. The standard InChI is InChI=1S/C12H14ClNO2/c13-9-3-1-2-8(6-9)12-15-10-4-5-14-7-11(10)16-12/h1-3,6,10-12,14H,4-5,7H2. The summed E-state index contributed by atoms with van der Waals surface area (Å²) in [6.07, 6.45) is 1.17. The van der Waals surface area contributed by atoms with Gasteiger partial charge in [-0.15, -0.1) is 0 Å². The zero-order valence-electron chi connectivity index (χ0n) is 8.86. The molecule has 0 radical (unpaired) electrons. The SMILES string of the molecule is Clc1cccc(C2OC3CCNCC3O2)c1. The van der Waals surface area contributed by atoms with E-state index in [9.17, 15) is 0 Å². The average Bonchev–Trinajstić information content (AvgIpc) is 2.72. The van der Waals surface area contributed by atoms with Gasteiger partial charge in [0.15, 0.2) is 6.29 Å². The topological polar surface area (TPSA) is 30.5 Å². The summed E-state index contributed by atoms with van der Waals surface area (Å²) in [6.45, 7) is 1.88. The van der Waals surface area contributed by atoms with Gasteiger partial charge in [-0.05, 0) is 25.1 Å². The Hall–Kier alpha value is -0.610. The Labute approximate surface area is 99.7 Å². The van der Waals surface area contributed by atoms with Crippen LogP contribution in [0.15, 0.2) is 24.3 Å². The molecule has 2 aliphatic heterocycles. The lowest BCUT2D eigenvalue weighted by molar-refractivity contribution is -0.0668. The minimum absolute atomic E-state index is 0.178. The second-order valence-electron chi connectivity index (χ2n) is 4.23. The van der Waals surface area contributed by atoms with Gasteiger partial charge in [0, 0.05) is 17.1 Å². The first-order chi connectivity index (χ1) is 7.83. The highest BCUT2D eigenvalue weighted by Gasteiger charge is 2.38. The van der Waals surface area contributed by atoms with Gasteiger partial charge in [0.05, 0.1) is 12.2 Å². The minimum Gasteiger partial charge on any atom is -0.342 e. The molecule has 0 aliphatic carbocycles. The molecule has 16 heavy (non-hydrogen) atoms. The lowest BCUT2D eigenvalue weighted by Gasteiger charge is -2.22. The molecule has 2 aliphatic rings. The van der Waals surface area contributed by atoms with E-state index in [4.69, 9.17) is 21.1 Å². The predicted octanol–water partition coefficient (Wildman–Crippen LogP) is 2.12. The number of hydrogen-bond donors (Lipinski definition) is 1. The Balaban J connectivity index is 1.77. The first kappa shape index (κ1) is 10.5. The van der Waals surface area contributed by atoms with Gasteiger partial charge < -0.3 is 14.8 Å². The van der Waals surface area contributed by atoms with Crippen molar-refractivity contribution in [3.05, 3.63) is 34.9 Å². The van der Waals surface area contributed by atoms with E-state index >= 15 is 0 Å². The van der Waals surface area contributed by atoms with Crippen molar-refractivity contribution in [2.45, 2.75) is 24.9 Å². The van der Waals surface area contributed by atoms with E-state index in [-0.39, 0.29) is 18.5 Å². The Morgan fingerprint density at radius 3 is 2.94 bits per heavy atom. The summed E-state index contributed by atoms with van der Waals surface area (Å²) in [5.41, 5.74) is 1.00. The van der Waals surface area contributed by atoms with Gasteiger partial charge >= 0.3 is 0 Å². The van der Waals surface area contributed by atoms with Gasteiger partial charge in [0.25, 0.3) is 0 Å². The molecule has 4 heteroatoms. The molecule has 3 unspecified atom stereocenters. The molecule has 1 N–H and O–H groups in total. The summed E-state index contributed by atoms with van der Waals surface area (Å²) in [4.78, 5) is 0. The first-order valence-corrected chi connectivity index (χ1v) is 5.98. The molecule has 2 saturated heterocycles. The molecule has 1 aromatic rings. The molecule has 0 bridgehead atoms. The van der Waals surface area contributed by atoms with Gasteiger partial charge in [-0.2, -0.15) is 0 Å². The van der Waals surface area contributed by atoms with Crippen molar-refractivity contribution in [3.63, 3.8) is 0 Å². The van der Waals surface area contributed by atoms with Gasteiger partial charge in [0.1, 0.15) is 0 Å². The van der Waals surface area contributed by atoms with Crippen molar-refractivity contribution in [3.8, 4) is 0 Å². The lowest BCUT2D eigenvalue weighted by Crippen LogP contribution is -2.41. The van der Waals surface area contributed by atoms with E-state index < -0.39 is 0 Å². The van der Waals surface area contributed by atoms with Crippen LogP contribution in [0, 0.1) is 0 Å². The summed E-state index contributed by atoms with van der Waals surface area (Å²) >= 11 is 5.95. The van der Waals surface area contributed by atoms with Crippen molar-refractivity contribution < 1.29 is 9.47 Å². The van der Waals surface area contributed by atoms with Gasteiger partial charge in [0.2, 0.25) is 0 Å². The molecule has 1 aromatic carbocycles. The lowest BCUT2D eigenvalue weighted by atomic mass is 10.1. The molecular formula is C12H14ClNO2. The molecule has 3 rings (SSSR count). The zero-order chi connectivity index (χ0) is 11.0. The summed E-state index contributed by atoms with van der Waals surface area (Å²) in [5.74, 6) is 0. The smallest absolute Gasteiger partial charge is 0.184 e. The van der Waals surface area contributed by atoms with Gasteiger partial charge in [-0.3, -0.25) is 0 Å². The van der Waals surface area contributed by atoms with Gasteiger partial charge in [-0.1, -0.05) is 23.7 Å². The fourth-order valence-electron chi connectivity index (χ4n) is 2.26. The van der Waals surface area contributed by atoms with Crippen LogP contribution in [0.5, 0.6) is 0 Å². The number of hydrogen-bond acceptors (Lipinski definition) is 3. The minimum atomic E-state index is -0.256. The van der Waals surface area contributed by atoms with E-state index in [2.05, 4.69) is 5.32 Å². The van der Waals surface area contributed by atoms with Crippen molar-refractivity contribution in [1.82, 2.24) is 5.32 Å². The third kappa shape index (κ3) is 1.96. The van der Waals surface area contributed by atoms with Crippen LogP contribution in [0.4, 0.5) is 0 Å². The predicted molar refractivity (Wildman–Crippen MR) is 61.4 cm³/mol. The number of ether oxygens (including phenoxy) is 2. The third-order valence-electron chi connectivity index (χ3n) is 3.08. The fourth-order valence-corrected chi connectivity index (χ4v) is 2.46.